The Balaban J connectivity index is 2.61. The fraction of sp³-hybridized carbons (Fsp3) is 0.364. The molecule has 2 rings (SSSR count). The van der Waals surface area contributed by atoms with Crippen molar-refractivity contribution >= 4 is 22.2 Å². The average Bonchev–Trinajstić information content (AvgIpc) is 2.59. The zero-order valence-electron chi connectivity index (χ0n) is 8.54. The highest BCUT2D eigenvalue weighted by Gasteiger charge is 2.25. The van der Waals surface area contributed by atoms with Crippen LogP contribution in [0.1, 0.15) is 22.8 Å². The number of methoxy groups -OCH3 is 1. The summed E-state index contributed by atoms with van der Waals surface area (Å²) in [4.78, 5) is 10.9. The van der Waals surface area contributed by atoms with E-state index >= 15 is 0 Å². The van der Waals surface area contributed by atoms with Crippen molar-refractivity contribution in [3.63, 3.8) is 0 Å². The van der Waals surface area contributed by atoms with Crippen LogP contribution in [0.5, 0.6) is 11.5 Å². The zero-order chi connectivity index (χ0) is 11.0. The predicted octanol–water partition coefficient (Wildman–Crippen LogP) is 2.59. The molecule has 1 aromatic carbocycles. The number of carbonyl (C=O) groups is 1. The van der Waals surface area contributed by atoms with Crippen LogP contribution in [0.15, 0.2) is 10.5 Å². The Bertz CT molecular complexity index is 415. The minimum atomic E-state index is 0.155. The van der Waals surface area contributed by atoms with Gasteiger partial charge in [0.1, 0.15) is 22.1 Å². The van der Waals surface area contributed by atoms with Crippen molar-refractivity contribution in [2.45, 2.75) is 19.4 Å². The second-order valence-corrected chi connectivity index (χ2v) is 4.34. The molecule has 1 aliphatic heterocycles. The van der Waals surface area contributed by atoms with Gasteiger partial charge in [-0.2, -0.15) is 0 Å². The van der Waals surface area contributed by atoms with Gasteiger partial charge in [0, 0.05) is 6.42 Å². The van der Waals surface area contributed by atoms with E-state index in [1.807, 2.05) is 13.0 Å². The van der Waals surface area contributed by atoms with Crippen LogP contribution in [0.25, 0.3) is 0 Å². The summed E-state index contributed by atoms with van der Waals surface area (Å²) in [5, 5.41) is 0. The molecule has 0 spiro atoms. The number of halogens is 1. The third-order valence-corrected chi connectivity index (χ3v) is 3.16. The van der Waals surface area contributed by atoms with Crippen molar-refractivity contribution < 1.29 is 14.3 Å². The summed E-state index contributed by atoms with van der Waals surface area (Å²) in [6, 6.07) is 1.83. The second kappa shape index (κ2) is 3.85. The minimum absolute atomic E-state index is 0.155. The molecule has 0 bridgehead atoms. The van der Waals surface area contributed by atoms with Gasteiger partial charge in [0.25, 0.3) is 0 Å². The standard InChI is InChI=1S/C11H11BrO3/c1-6-3-7-4-8(5-13)10(14-2)9(12)11(7)15-6/h4-6H,3H2,1-2H3. The van der Waals surface area contributed by atoms with Gasteiger partial charge in [-0.3, -0.25) is 4.79 Å². The molecule has 3 nitrogen and oxygen atoms in total. The Kier molecular flexibility index (Phi) is 2.69. The molecule has 0 saturated carbocycles. The first-order valence-electron chi connectivity index (χ1n) is 4.68. The molecule has 0 radical (unpaired) electrons. The van der Waals surface area contributed by atoms with E-state index in [1.54, 1.807) is 0 Å². The van der Waals surface area contributed by atoms with Gasteiger partial charge in [-0.1, -0.05) is 0 Å². The molecule has 1 unspecified atom stereocenters. The van der Waals surface area contributed by atoms with Crippen molar-refractivity contribution in [1.82, 2.24) is 0 Å². The number of aldehydes is 1. The Morgan fingerprint density at radius 2 is 2.40 bits per heavy atom. The lowest BCUT2D eigenvalue weighted by Gasteiger charge is -2.10. The molecule has 0 N–H and O–H groups in total. The maximum atomic E-state index is 10.9. The van der Waals surface area contributed by atoms with Crippen LogP contribution in [-0.4, -0.2) is 19.5 Å². The second-order valence-electron chi connectivity index (χ2n) is 3.55. The van der Waals surface area contributed by atoms with Gasteiger partial charge in [0.2, 0.25) is 0 Å². The Morgan fingerprint density at radius 3 is 3.00 bits per heavy atom. The first-order valence-corrected chi connectivity index (χ1v) is 5.48. The van der Waals surface area contributed by atoms with E-state index in [9.17, 15) is 4.79 Å². The Morgan fingerprint density at radius 1 is 1.67 bits per heavy atom. The number of fused-ring (bicyclic) bond motifs is 1. The highest BCUT2D eigenvalue weighted by Crippen LogP contribution is 2.43. The molecule has 0 amide bonds. The van der Waals surface area contributed by atoms with Crippen molar-refractivity contribution in [3.05, 3.63) is 21.7 Å². The van der Waals surface area contributed by atoms with Crippen LogP contribution >= 0.6 is 15.9 Å². The molecule has 1 atom stereocenters. The summed E-state index contributed by atoms with van der Waals surface area (Å²) in [6.45, 7) is 2.00. The monoisotopic (exact) mass is 270 g/mol. The number of rotatable bonds is 2. The summed E-state index contributed by atoms with van der Waals surface area (Å²) in [5.41, 5.74) is 1.61. The number of carbonyl (C=O) groups excluding carboxylic acids is 1. The summed E-state index contributed by atoms with van der Waals surface area (Å²) >= 11 is 3.40. The number of hydrogen-bond acceptors (Lipinski definition) is 3. The van der Waals surface area contributed by atoms with Crippen molar-refractivity contribution in [2.75, 3.05) is 7.11 Å². The molecule has 0 fully saturated rings. The van der Waals surface area contributed by atoms with Crippen LogP contribution in [0, 0.1) is 0 Å². The first kappa shape index (κ1) is 10.5. The van der Waals surface area contributed by atoms with Crippen molar-refractivity contribution in [2.24, 2.45) is 0 Å². The SMILES string of the molecule is COc1c(C=O)cc2c(c1Br)OC(C)C2. The van der Waals surface area contributed by atoms with Crippen molar-refractivity contribution in [1.29, 1.82) is 0 Å². The Labute approximate surface area is 96.5 Å². The summed E-state index contributed by atoms with van der Waals surface area (Å²) in [7, 11) is 1.54. The lowest BCUT2D eigenvalue weighted by Crippen LogP contribution is -2.05. The molecule has 4 heteroatoms. The maximum absolute atomic E-state index is 10.9. The molecule has 1 aromatic rings. The largest absolute Gasteiger partial charge is 0.495 e. The average molecular weight is 271 g/mol. The van der Waals surface area contributed by atoms with E-state index in [1.165, 1.54) is 7.11 Å². The third-order valence-electron chi connectivity index (χ3n) is 2.44. The smallest absolute Gasteiger partial charge is 0.153 e. The fourth-order valence-corrected chi connectivity index (χ4v) is 2.56. The molecule has 0 aromatic heterocycles. The number of hydrogen-bond donors (Lipinski definition) is 0. The maximum Gasteiger partial charge on any atom is 0.153 e. The lowest BCUT2D eigenvalue weighted by atomic mass is 10.1. The lowest BCUT2D eigenvalue weighted by molar-refractivity contribution is 0.112. The number of benzene rings is 1. The van der Waals surface area contributed by atoms with Gasteiger partial charge in [0.05, 0.1) is 12.7 Å². The summed E-state index contributed by atoms with van der Waals surface area (Å²) < 4.78 is 11.5. The van der Waals surface area contributed by atoms with Gasteiger partial charge in [-0.15, -0.1) is 0 Å². The van der Waals surface area contributed by atoms with E-state index in [0.717, 1.165) is 28.5 Å². The minimum Gasteiger partial charge on any atom is -0.495 e. The molecule has 15 heavy (non-hydrogen) atoms. The van der Waals surface area contributed by atoms with Gasteiger partial charge in [0.15, 0.2) is 6.29 Å². The first-order chi connectivity index (χ1) is 7.17. The van der Waals surface area contributed by atoms with Crippen LogP contribution < -0.4 is 9.47 Å². The molecular formula is C11H11BrO3. The van der Waals surface area contributed by atoms with E-state index < -0.39 is 0 Å². The van der Waals surface area contributed by atoms with Crippen LogP contribution in [0.3, 0.4) is 0 Å². The van der Waals surface area contributed by atoms with E-state index in [2.05, 4.69) is 15.9 Å². The van der Waals surface area contributed by atoms with Crippen LogP contribution in [0.4, 0.5) is 0 Å². The highest BCUT2D eigenvalue weighted by atomic mass is 79.9. The quantitative estimate of drug-likeness (QED) is 0.775. The van der Waals surface area contributed by atoms with Gasteiger partial charge in [-0.05, 0) is 34.5 Å². The van der Waals surface area contributed by atoms with E-state index in [4.69, 9.17) is 9.47 Å². The molecule has 1 aliphatic rings. The highest BCUT2D eigenvalue weighted by molar-refractivity contribution is 9.10. The topological polar surface area (TPSA) is 35.5 Å². The molecule has 80 valence electrons. The van der Waals surface area contributed by atoms with Crippen molar-refractivity contribution in [3.8, 4) is 11.5 Å². The molecule has 1 heterocycles. The summed E-state index contributed by atoms with van der Waals surface area (Å²) in [6.07, 6.45) is 1.79. The van der Waals surface area contributed by atoms with Crippen LogP contribution in [0.2, 0.25) is 0 Å². The fourth-order valence-electron chi connectivity index (χ4n) is 1.82. The Hall–Kier alpha value is -1.03. The van der Waals surface area contributed by atoms with E-state index in [-0.39, 0.29) is 6.10 Å². The van der Waals surface area contributed by atoms with Crippen LogP contribution in [-0.2, 0) is 6.42 Å². The van der Waals surface area contributed by atoms with Gasteiger partial charge >= 0.3 is 0 Å². The summed E-state index contributed by atoms with van der Waals surface area (Å²) in [5.74, 6) is 1.34. The third kappa shape index (κ3) is 1.63. The van der Waals surface area contributed by atoms with E-state index in [0.29, 0.717) is 11.3 Å². The predicted molar refractivity (Wildman–Crippen MR) is 59.9 cm³/mol. The number of ether oxygens (including phenoxy) is 2. The normalized spacial score (nSPS) is 18.2. The van der Waals surface area contributed by atoms with Gasteiger partial charge in [-0.25, -0.2) is 0 Å². The van der Waals surface area contributed by atoms with Gasteiger partial charge < -0.3 is 9.47 Å². The molecule has 0 aliphatic carbocycles. The molecule has 0 saturated heterocycles. The zero-order valence-corrected chi connectivity index (χ0v) is 10.1. The molecular weight excluding hydrogens is 260 g/mol.